The highest BCUT2D eigenvalue weighted by molar-refractivity contribution is 5.99. The van der Waals surface area contributed by atoms with Crippen molar-refractivity contribution in [3.8, 4) is 5.69 Å². The first-order valence-corrected chi connectivity index (χ1v) is 12.4. The molecule has 1 saturated heterocycles. The van der Waals surface area contributed by atoms with Crippen LogP contribution in [0.25, 0.3) is 5.69 Å². The van der Waals surface area contributed by atoms with E-state index in [0.717, 1.165) is 43.4 Å². The fraction of sp³-hybridized carbons (Fsp3) is 0.407. The molecule has 0 bridgehead atoms. The van der Waals surface area contributed by atoms with Gasteiger partial charge in [0, 0.05) is 50.5 Å². The lowest BCUT2D eigenvalue weighted by atomic mass is 10.1. The lowest BCUT2D eigenvalue weighted by Crippen LogP contribution is -2.38. The standard InChI is InChI=1S/C27H33N5O3/c1-3-20(2)31-18-23(25(33)24(19-31)27(35)30-14-6-4-5-7-15-30)26(34)28-17-21-9-11-22(12-10-21)32-16-8-13-29-32/h8-13,16,18-20H,3-7,14-15,17H2,1-2H3,(H,28,34). The average molecular weight is 476 g/mol. The van der Waals surface area contributed by atoms with Crippen LogP contribution in [-0.4, -0.2) is 44.2 Å². The number of hydrogen-bond acceptors (Lipinski definition) is 4. The van der Waals surface area contributed by atoms with Gasteiger partial charge >= 0.3 is 0 Å². The van der Waals surface area contributed by atoms with Crippen molar-refractivity contribution >= 4 is 11.8 Å². The molecule has 3 heterocycles. The quantitative estimate of drug-likeness (QED) is 0.560. The van der Waals surface area contributed by atoms with Crippen LogP contribution >= 0.6 is 0 Å². The Hall–Kier alpha value is -3.68. The number of pyridine rings is 1. The Bertz CT molecular complexity index is 1210. The van der Waals surface area contributed by atoms with Crippen LogP contribution in [0.2, 0.25) is 0 Å². The molecule has 4 rings (SSSR count). The highest BCUT2D eigenvalue weighted by atomic mass is 16.2. The third-order valence-corrected chi connectivity index (χ3v) is 6.67. The Morgan fingerprint density at radius 1 is 1.03 bits per heavy atom. The number of carbonyl (C=O) groups is 2. The van der Waals surface area contributed by atoms with Crippen LogP contribution in [0.1, 0.15) is 78.3 Å². The molecule has 0 radical (unpaired) electrons. The summed E-state index contributed by atoms with van der Waals surface area (Å²) in [6, 6.07) is 9.57. The Morgan fingerprint density at radius 3 is 2.34 bits per heavy atom. The van der Waals surface area contributed by atoms with Gasteiger partial charge in [-0.25, -0.2) is 4.68 Å². The van der Waals surface area contributed by atoms with E-state index in [1.54, 1.807) is 28.2 Å². The molecule has 2 aromatic heterocycles. The van der Waals surface area contributed by atoms with Crippen molar-refractivity contribution in [1.82, 2.24) is 24.6 Å². The molecular formula is C27H33N5O3. The number of benzene rings is 1. The first-order chi connectivity index (χ1) is 17.0. The Kier molecular flexibility index (Phi) is 7.80. The summed E-state index contributed by atoms with van der Waals surface area (Å²) in [6.45, 7) is 5.60. The zero-order valence-electron chi connectivity index (χ0n) is 20.4. The van der Waals surface area contributed by atoms with E-state index >= 15 is 0 Å². The summed E-state index contributed by atoms with van der Waals surface area (Å²) >= 11 is 0. The minimum atomic E-state index is -0.509. The van der Waals surface area contributed by atoms with Gasteiger partial charge in [0.1, 0.15) is 11.1 Å². The molecule has 184 valence electrons. The molecule has 1 aliphatic heterocycles. The minimum Gasteiger partial charge on any atom is -0.350 e. The Morgan fingerprint density at radius 2 is 1.71 bits per heavy atom. The van der Waals surface area contributed by atoms with E-state index in [2.05, 4.69) is 10.4 Å². The number of nitrogens with one attached hydrogen (secondary N) is 1. The monoisotopic (exact) mass is 475 g/mol. The zero-order valence-corrected chi connectivity index (χ0v) is 20.4. The number of amides is 2. The molecule has 0 saturated carbocycles. The van der Waals surface area contributed by atoms with Gasteiger partial charge in [-0.15, -0.1) is 0 Å². The van der Waals surface area contributed by atoms with E-state index < -0.39 is 11.3 Å². The van der Waals surface area contributed by atoms with Gasteiger partial charge in [-0.2, -0.15) is 5.10 Å². The van der Waals surface area contributed by atoms with Crippen molar-refractivity contribution in [2.24, 2.45) is 0 Å². The van der Waals surface area contributed by atoms with Gasteiger partial charge in [-0.3, -0.25) is 14.4 Å². The van der Waals surface area contributed by atoms with Gasteiger partial charge in [0.15, 0.2) is 0 Å². The average Bonchev–Trinajstić information content (AvgIpc) is 3.29. The molecule has 8 heteroatoms. The molecule has 1 aromatic carbocycles. The Labute approximate surface area is 205 Å². The summed E-state index contributed by atoms with van der Waals surface area (Å²) in [6.07, 6.45) is 11.6. The topological polar surface area (TPSA) is 89.2 Å². The predicted molar refractivity (Wildman–Crippen MR) is 135 cm³/mol. The number of hydrogen-bond donors (Lipinski definition) is 1. The van der Waals surface area contributed by atoms with Gasteiger partial charge in [0.25, 0.3) is 11.8 Å². The number of aromatic nitrogens is 3. The SMILES string of the molecule is CCC(C)n1cc(C(=O)NCc2ccc(-n3cccn3)cc2)c(=O)c(C(=O)N2CCCCCC2)c1. The number of rotatable bonds is 7. The van der Waals surface area contributed by atoms with Crippen LogP contribution in [0.4, 0.5) is 0 Å². The summed E-state index contributed by atoms with van der Waals surface area (Å²) in [7, 11) is 0. The number of likely N-dealkylation sites (tertiary alicyclic amines) is 1. The van der Waals surface area contributed by atoms with Crippen molar-refractivity contribution in [1.29, 1.82) is 0 Å². The maximum absolute atomic E-state index is 13.3. The van der Waals surface area contributed by atoms with Crippen molar-refractivity contribution in [3.63, 3.8) is 0 Å². The van der Waals surface area contributed by atoms with Crippen LogP contribution in [0.5, 0.6) is 0 Å². The molecule has 1 fully saturated rings. The van der Waals surface area contributed by atoms with Gasteiger partial charge in [0.05, 0.1) is 5.69 Å². The molecule has 35 heavy (non-hydrogen) atoms. The summed E-state index contributed by atoms with van der Waals surface area (Å²) < 4.78 is 3.58. The maximum Gasteiger partial charge on any atom is 0.259 e. The molecule has 3 aromatic rings. The number of carbonyl (C=O) groups excluding carboxylic acids is 2. The molecule has 1 atom stereocenters. The van der Waals surface area contributed by atoms with E-state index in [4.69, 9.17) is 0 Å². The summed E-state index contributed by atoms with van der Waals surface area (Å²) in [5, 5.41) is 7.06. The van der Waals surface area contributed by atoms with Crippen molar-refractivity contribution in [2.75, 3.05) is 13.1 Å². The molecule has 0 spiro atoms. The molecule has 2 amide bonds. The molecule has 8 nitrogen and oxygen atoms in total. The van der Waals surface area contributed by atoms with Gasteiger partial charge in [-0.1, -0.05) is 31.9 Å². The smallest absolute Gasteiger partial charge is 0.259 e. The molecule has 0 aliphatic carbocycles. The highest BCUT2D eigenvalue weighted by Crippen LogP contribution is 2.16. The second-order valence-electron chi connectivity index (χ2n) is 9.13. The van der Waals surface area contributed by atoms with Crippen LogP contribution in [0.15, 0.2) is 59.9 Å². The fourth-order valence-electron chi connectivity index (χ4n) is 4.29. The minimum absolute atomic E-state index is 0.000803. The van der Waals surface area contributed by atoms with Crippen LogP contribution in [0, 0.1) is 0 Å². The summed E-state index contributed by atoms with van der Waals surface area (Å²) in [5.74, 6) is -0.758. The molecular weight excluding hydrogens is 442 g/mol. The predicted octanol–water partition coefficient (Wildman–Crippen LogP) is 3.95. The fourth-order valence-corrected chi connectivity index (χ4v) is 4.29. The van der Waals surface area contributed by atoms with Crippen molar-refractivity contribution in [2.45, 2.75) is 58.5 Å². The van der Waals surface area contributed by atoms with Crippen LogP contribution < -0.4 is 10.7 Å². The lowest BCUT2D eigenvalue weighted by molar-refractivity contribution is 0.0759. The van der Waals surface area contributed by atoms with E-state index in [1.807, 2.05) is 54.9 Å². The molecule has 1 aliphatic rings. The molecule has 1 unspecified atom stereocenters. The van der Waals surface area contributed by atoms with Crippen LogP contribution in [0.3, 0.4) is 0 Å². The largest absolute Gasteiger partial charge is 0.350 e. The second kappa shape index (κ2) is 11.2. The second-order valence-corrected chi connectivity index (χ2v) is 9.13. The third-order valence-electron chi connectivity index (χ3n) is 6.67. The summed E-state index contributed by atoms with van der Waals surface area (Å²) in [5.41, 5.74) is 1.38. The van der Waals surface area contributed by atoms with E-state index in [-0.39, 0.29) is 29.6 Å². The van der Waals surface area contributed by atoms with Crippen molar-refractivity contribution in [3.05, 3.63) is 82.0 Å². The highest BCUT2D eigenvalue weighted by Gasteiger charge is 2.24. The normalized spacial score (nSPS) is 14.9. The lowest BCUT2D eigenvalue weighted by Gasteiger charge is -2.22. The van der Waals surface area contributed by atoms with Gasteiger partial charge in [-0.05, 0) is 49.9 Å². The number of nitrogens with zero attached hydrogens (tertiary/aromatic N) is 4. The Balaban J connectivity index is 1.55. The van der Waals surface area contributed by atoms with E-state index in [9.17, 15) is 14.4 Å². The van der Waals surface area contributed by atoms with Gasteiger partial charge < -0.3 is 14.8 Å². The molecule has 1 N–H and O–H groups in total. The first-order valence-electron chi connectivity index (χ1n) is 12.4. The third kappa shape index (κ3) is 5.70. The van der Waals surface area contributed by atoms with Crippen LogP contribution in [-0.2, 0) is 6.54 Å². The first kappa shape index (κ1) is 24.4. The summed E-state index contributed by atoms with van der Waals surface area (Å²) in [4.78, 5) is 41.4. The zero-order chi connectivity index (χ0) is 24.8. The van der Waals surface area contributed by atoms with Crippen molar-refractivity contribution < 1.29 is 9.59 Å². The van der Waals surface area contributed by atoms with E-state index in [0.29, 0.717) is 13.1 Å². The van der Waals surface area contributed by atoms with Gasteiger partial charge in [0.2, 0.25) is 5.43 Å². The van der Waals surface area contributed by atoms with E-state index in [1.165, 1.54) is 0 Å². The maximum atomic E-state index is 13.3.